The molecule has 2 heteroatoms. The highest BCUT2D eigenvalue weighted by Gasteiger charge is 2.28. The van der Waals surface area contributed by atoms with Gasteiger partial charge in [-0.2, -0.15) is 0 Å². The van der Waals surface area contributed by atoms with Crippen LogP contribution in [0.3, 0.4) is 0 Å². The zero-order chi connectivity index (χ0) is 12.1. The van der Waals surface area contributed by atoms with Crippen LogP contribution in [0.25, 0.3) is 0 Å². The van der Waals surface area contributed by atoms with Crippen LogP contribution in [-0.2, 0) is 0 Å². The van der Waals surface area contributed by atoms with Gasteiger partial charge >= 0.3 is 0 Å². The highest BCUT2D eigenvalue weighted by atomic mass is 15.2. The zero-order valence-electron chi connectivity index (χ0n) is 11.8. The lowest BCUT2D eigenvalue weighted by molar-refractivity contribution is 0.104. The van der Waals surface area contributed by atoms with E-state index in [-0.39, 0.29) is 0 Å². The molecule has 1 saturated carbocycles. The molecule has 0 spiro atoms. The van der Waals surface area contributed by atoms with Crippen LogP contribution in [0.2, 0.25) is 0 Å². The molecule has 2 aliphatic rings. The second kappa shape index (κ2) is 6.19. The maximum atomic E-state index is 3.59. The topological polar surface area (TPSA) is 15.3 Å². The van der Waals surface area contributed by atoms with E-state index in [1.54, 1.807) is 0 Å². The van der Waals surface area contributed by atoms with Gasteiger partial charge in [0.25, 0.3) is 0 Å². The molecule has 0 bridgehead atoms. The second-order valence-electron chi connectivity index (χ2n) is 6.81. The Morgan fingerprint density at radius 1 is 1.00 bits per heavy atom. The Hall–Kier alpha value is -0.0800. The predicted octanol–water partition coefficient (Wildman–Crippen LogP) is 3.03. The lowest BCUT2D eigenvalue weighted by atomic mass is 9.90. The first-order valence-corrected chi connectivity index (χ1v) is 7.62. The standard InChI is InChI=1S/C15H30N2/c1-15(2)12-16-10-7-11-17(13-15)14-8-5-3-4-6-9-14/h14,16H,3-13H2,1-2H3. The average Bonchev–Trinajstić information content (AvgIpc) is 2.52. The van der Waals surface area contributed by atoms with Crippen LogP contribution in [0.1, 0.15) is 58.8 Å². The molecule has 0 aromatic heterocycles. The Balaban J connectivity index is 1.95. The van der Waals surface area contributed by atoms with E-state index in [2.05, 4.69) is 24.1 Å². The third kappa shape index (κ3) is 4.26. The fourth-order valence-electron chi connectivity index (χ4n) is 3.45. The normalized spacial score (nSPS) is 29.3. The van der Waals surface area contributed by atoms with E-state index in [0.717, 1.165) is 6.04 Å². The van der Waals surface area contributed by atoms with Crippen molar-refractivity contribution in [3.8, 4) is 0 Å². The van der Waals surface area contributed by atoms with Gasteiger partial charge in [-0.05, 0) is 37.8 Å². The minimum Gasteiger partial charge on any atom is -0.316 e. The molecule has 0 aromatic carbocycles. The molecule has 2 rings (SSSR count). The van der Waals surface area contributed by atoms with Crippen molar-refractivity contribution in [2.45, 2.75) is 64.8 Å². The monoisotopic (exact) mass is 238 g/mol. The highest BCUT2D eigenvalue weighted by molar-refractivity contribution is 4.83. The Kier molecular flexibility index (Phi) is 4.87. The van der Waals surface area contributed by atoms with Crippen LogP contribution in [0.5, 0.6) is 0 Å². The molecular weight excluding hydrogens is 208 g/mol. The Morgan fingerprint density at radius 3 is 2.41 bits per heavy atom. The molecule has 0 radical (unpaired) electrons. The highest BCUT2D eigenvalue weighted by Crippen LogP contribution is 2.26. The smallest absolute Gasteiger partial charge is 0.00955 e. The SMILES string of the molecule is CC1(C)CNCCCN(C2CCCCCC2)C1. The van der Waals surface area contributed by atoms with Crippen molar-refractivity contribution in [1.29, 1.82) is 0 Å². The van der Waals surface area contributed by atoms with Gasteiger partial charge in [-0.15, -0.1) is 0 Å². The van der Waals surface area contributed by atoms with Crippen LogP contribution in [0.15, 0.2) is 0 Å². The van der Waals surface area contributed by atoms with Crippen molar-refractivity contribution < 1.29 is 0 Å². The molecular formula is C15H30N2. The van der Waals surface area contributed by atoms with Crippen LogP contribution in [0.4, 0.5) is 0 Å². The van der Waals surface area contributed by atoms with Crippen LogP contribution in [-0.4, -0.2) is 37.1 Å². The molecule has 2 fully saturated rings. The van der Waals surface area contributed by atoms with Crippen molar-refractivity contribution in [2.75, 3.05) is 26.2 Å². The summed E-state index contributed by atoms with van der Waals surface area (Å²) in [6, 6.07) is 0.884. The minimum absolute atomic E-state index is 0.437. The van der Waals surface area contributed by atoms with Gasteiger partial charge in [0.05, 0.1) is 0 Å². The molecule has 0 unspecified atom stereocenters. The number of hydrogen-bond acceptors (Lipinski definition) is 2. The summed E-state index contributed by atoms with van der Waals surface area (Å²) in [5.74, 6) is 0. The van der Waals surface area contributed by atoms with Gasteiger partial charge in [0.15, 0.2) is 0 Å². The van der Waals surface area contributed by atoms with Gasteiger partial charge in [-0.25, -0.2) is 0 Å². The van der Waals surface area contributed by atoms with Crippen LogP contribution >= 0.6 is 0 Å². The zero-order valence-corrected chi connectivity index (χ0v) is 11.8. The van der Waals surface area contributed by atoms with Crippen molar-refractivity contribution >= 4 is 0 Å². The first-order chi connectivity index (χ1) is 8.17. The van der Waals surface area contributed by atoms with Crippen LogP contribution < -0.4 is 5.32 Å². The fraction of sp³-hybridized carbons (Fsp3) is 1.00. The molecule has 1 heterocycles. The molecule has 1 aliphatic carbocycles. The Morgan fingerprint density at radius 2 is 1.71 bits per heavy atom. The van der Waals surface area contributed by atoms with E-state index in [1.807, 2.05) is 0 Å². The van der Waals surface area contributed by atoms with Gasteiger partial charge in [0, 0.05) is 19.1 Å². The number of rotatable bonds is 1. The van der Waals surface area contributed by atoms with Crippen molar-refractivity contribution in [3.63, 3.8) is 0 Å². The first kappa shape index (κ1) is 13.4. The summed E-state index contributed by atoms with van der Waals surface area (Å²) < 4.78 is 0. The van der Waals surface area contributed by atoms with Gasteiger partial charge < -0.3 is 5.32 Å². The summed E-state index contributed by atoms with van der Waals surface area (Å²) in [5.41, 5.74) is 0.437. The maximum Gasteiger partial charge on any atom is 0.00955 e. The lowest BCUT2D eigenvalue weighted by Crippen LogP contribution is -2.48. The Labute approximate surface area is 107 Å². The average molecular weight is 238 g/mol. The molecule has 0 amide bonds. The van der Waals surface area contributed by atoms with E-state index in [0.29, 0.717) is 5.41 Å². The van der Waals surface area contributed by atoms with Gasteiger partial charge in [-0.1, -0.05) is 39.5 Å². The van der Waals surface area contributed by atoms with E-state index < -0.39 is 0 Å². The molecule has 100 valence electrons. The molecule has 1 saturated heterocycles. The van der Waals surface area contributed by atoms with Crippen molar-refractivity contribution in [3.05, 3.63) is 0 Å². The van der Waals surface area contributed by atoms with Gasteiger partial charge in [0.2, 0.25) is 0 Å². The number of hydrogen-bond donors (Lipinski definition) is 1. The fourth-order valence-corrected chi connectivity index (χ4v) is 3.45. The molecule has 1 N–H and O–H groups in total. The quantitative estimate of drug-likeness (QED) is 0.706. The molecule has 17 heavy (non-hydrogen) atoms. The van der Waals surface area contributed by atoms with E-state index in [9.17, 15) is 0 Å². The van der Waals surface area contributed by atoms with Crippen molar-refractivity contribution in [1.82, 2.24) is 10.2 Å². The largest absolute Gasteiger partial charge is 0.316 e. The molecule has 1 aliphatic heterocycles. The van der Waals surface area contributed by atoms with Gasteiger partial charge in [0.1, 0.15) is 0 Å². The maximum absolute atomic E-state index is 3.59. The second-order valence-corrected chi connectivity index (χ2v) is 6.81. The summed E-state index contributed by atoms with van der Waals surface area (Å²) in [5, 5.41) is 3.59. The lowest BCUT2D eigenvalue weighted by Gasteiger charge is -2.39. The molecule has 2 nitrogen and oxygen atoms in total. The predicted molar refractivity (Wildman–Crippen MR) is 74.3 cm³/mol. The van der Waals surface area contributed by atoms with Gasteiger partial charge in [-0.3, -0.25) is 4.90 Å². The molecule has 0 atom stereocenters. The van der Waals surface area contributed by atoms with Crippen molar-refractivity contribution in [2.24, 2.45) is 5.41 Å². The summed E-state index contributed by atoms with van der Waals surface area (Å²) in [6.07, 6.45) is 10.1. The van der Waals surface area contributed by atoms with Crippen LogP contribution in [0, 0.1) is 5.41 Å². The third-order valence-electron chi connectivity index (χ3n) is 4.37. The molecule has 0 aromatic rings. The minimum atomic E-state index is 0.437. The number of nitrogens with zero attached hydrogens (tertiary/aromatic N) is 1. The van der Waals surface area contributed by atoms with E-state index in [1.165, 1.54) is 71.1 Å². The summed E-state index contributed by atoms with van der Waals surface area (Å²) in [7, 11) is 0. The van der Waals surface area contributed by atoms with E-state index >= 15 is 0 Å². The summed E-state index contributed by atoms with van der Waals surface area (Å²) >= 11 is 0. The van der Waals surface area contributed by atoms with E-state index in [4.69, 9.17) is 0 Å². The third-order valence-corrected chi connectivity index (χ3v) is 4.37. The Bertz CT molecular complexity index is 217. The summed E-state index contributed by atoms with van der Waals surface area (Å²) in [4.78, 5) is 2.81. The first-order valence-electron chi connectivity index (χ1n) is 7.62. The number of nitrogens with one attached hydrogen (secondary N) is 1. The summed E-state index contributed by atoms with van der Waals surface area (Å²) in [6.45, 7) is 9.79.